The third-order valence-electron chi connectivity index (χ3n) is 4.88. The van der Waals surface area contributed by atoms with Gasteiger partial charge in [-0.3, -0.25) is 9.48 Å². The summed E-state index contributed by atoms with van der Waals surface area (Å²) in [4.78, 5) is 15.0. The van der Waals surface area contributed by atoms with Gasteiger partial charge in [-0.1, -0.05) is 12.1 Å². The zero-order valence-electron chi connectivity index (χ0n) is 14.0. The van der Waals surface area contributed by atoms with Gasteiger partial charge in [-0.15, -0.1) is 0 Å². The molecule has 0 radical (unpaired) electrons. The highest BCUT2D eigenvalue weighted by Gasteiger charge is 2.32. The Morgan fingerprint density at radius 3 is 3.04 bits per heavy atom. The number of hydrogen-bond acceptors (Lipinski definition) is 3. The second-order valence-electron chi connectivity index (χ2n) is 6.58. The number of amides is 1. The summed E-state index contributed by atoms with van der Waals surface area (Å²) in [5, 5.41) is 5.28. The van der Waals surface area contributed by atoms with Crippen LogP contribution in [0.3, 0.4) is 0 Å². The highest BCUT2D eigenvalue weighted by molar-refractivity contribution is 5.99. The Bertz CT molecular complexity index is 880. The van der Waals surface area contributed by atoms with Crippen molar-refractivity contribution in [1.29, 1.82) is 0 Å². The Labute approximate surface area is 140 Å². The summed E-state index contributed by atoms with van der Waals surface area (Å²) in [7, 11) is 0. The average Bonchev–Trinajstić information content (AvgIpc) is 3.28. The lowest BCUT2D eigenvalue weighted by molar-refractivity contribution is 0.0690. The second-order valence-corrected chi connectivity index (χ2v) is 6.58. The molecule has 4 rings (SSSR count). The molecule has 1 aromatic carbocycles. The van der Waals surface area contributed by atoms with Gasteiger partial charge in [0.25, 0.3) is 5.91 Å². The van der Waals surface area contributed by atoms with Crippen molar-refractivity contribution in [3.8, 4) is 0 Å². The molecule has 5 nitrogen and oxygen atoms in total. The highest BCUT2D eigenvalue weighted by atomic mass is 16.3. The fraction of sp³-hybridized carbons (Fsp3) is 0.368. The Kier molecular flexibility index (Phi) is 3.63. The number of likely N-dealkylation sites (tertiary alicyclic amines) is 1. The van der Waals surface area contributed by atoms with E-state index in [0.717, 1.165) is 48.0 Å². The fourth-order valence-electron chi connectivity index (χ4n) is 3.58. The number of rotatable bonds is 3. The molecule has 1 aliphatic heterocycles. The van der Waals surface area contributed by atoms with E-state index >= 15 is 0 Å². The number of carbonyl (C=O) groups is 1. The summed E-state index contributed by atoms with van der Waals surface area (Å²) in [6, 6.07) is 8.16. The van der Waals surface area contributed by atoms with Gasteiger partial charge in [0.1, 0.15) is 5.58 Å². The minimum Gasteiger partial charge on any atom is -0.451 e. The van der Waals surface area contributed by atoms with Crippen molar-refractivity contribution in [2.24, 2.45) is 0 Å². The zero-order valence-corrected chi connectivity index (χ0v) is 14.0. The molecule has 0 saturated carbocycles. The van der Waals surface area contributed by atoms with E-state index in [4.69, 9.17) is 4.42 Å². The minimum absolute atomic E-state index is 0.00370. The smallest absolute Gasteiger partial charge is 0.290 e. The van der Waals surface area contributed by atoms with Crippen LogP contribution in [0.1, 0.15) is 34.5 Å². The second kappa shape index (κ2) is 5.82. The van der Waals surface area contributed by atoms with Crippen molar-refractivity contribution < 1.29 is 9.21 Å². The van der Waals surface area contributed by atoms with Crippen LogP contribution >= 0.6 is 0 Å². The van der Waals surface area contributed by atoms with Gasteiger partial charge in [0, 0.05) is 29.9 Å². The number of aromatic nitrogens is 2. The van der Waals surface area contributed by atoms with Crippen LogP contribution in [0.25, 0.3) is 11.0 Å². The van der Waals surface area contributed by atoms with E-state index in [1.165, 1.54) is 0 Å². The van der Waals surface area contributed by atoms with E-state index < -0.39 is 0 Å². The lowest BCUT2D eigenvalue weighted by Gasteiger charge is -2.24. The first kappa shape index (κ1) is 15.0. The molecule has 124 valence electrons. The first-order valence-electron chi connectivity index (χ1n) is 8.41. The molecule has 1 amide bonds. The molecule has 0 bridgehead atoms. The molecule has 3 heterocycles. The molecule has 0 N–H and O–H groups in total. The van der Waals surface area contributed by atoms with Crippen molar-refractivity contribution in [3.63, 3.8) is 0 Å². The predicted molar refractivity (Wildman–Crippen MR) is 92.0 cm³/mol. The number of fused-ring (bicyclic) bond motifs is 1. The molecular formula is C19H21N3O2. The van der Waals surface area contributed by atoms with Crippen LogP contribution in [0.2, 0.25) is 0 Å². The van der Waals surface area contributed by atoms with Crippen LogP contribution in [0.15, 0.2) is 41.1 Å². The van der Waals surface area contributed by atoms with E-state index in [0.29, 0.717) is 5.76 Å². The molecule has 0 unspecified atom stereocenters. The number of aryl methyl sites for hydroxylation is 2. The number of benzene rings is 1. The standard InChI is InChI=1S/C19H21N3O2/c1-13-6-7-16-14(2)18(24-17(16)11-13)19(23)22-10-3-5-15(22)12-21-9-4-8-20-21/h4,6-9,11,15H,3,5,10,12H2,1-2H3/t15-/m0/s1. The van der Waals surface area contributed by atoms with Crippen LogP contribution in [0.5, 0.6) is 0 Å². The Balaban J connectivity index is 1.64. The Morgan fingerprint density at radius 1 is 1.38 bits per heavy atom. The molecule has 5 heteroatoms. The molecule has 1 saturated heterocycles. The van der Waals surface area contributed by atoms with Crippen molar-refractivity contribution in [3.05, 3.63) is 53.5 Å². The van der Waals surface area contributed by atoms with Gasteiger partial charge in [0.15, 0.2) is 5.76 Å². The number of nitrogens with zero attached hydrogens (tertiary/aromatic N) is 3. The topological polar surface area (TPSA) is 51.3 Å². The maximum Gasteiger partial charge on any atom is 0.290 e. The van der Waals surface area contributed by atoms with Crippen LogP contribution in [0.4, 0.5) is 0 Å². The largest absolute Gasteiger partial charge is 0.451 e. The Hall–Kier alpha value is -2.56. The molecular weight excluding hydrogens is 302 g/mol. The van der Waals surface area contributed by atoms with E-state index in [1.807, 2.05) is 47.8 Å². The van der Waals surface area contributed by atoms with E-state index in [9.17, 15) is 4.79 Å². The molecule has 24 heavy (non-hydrogen) atoms. The van der Waals surface area contributed by atoms with Crippen molar-refractivity contribution >= 4 is 16.9 Å². The average molecular weight is 323 g/mol. The molecule has 3 aromatic rings. The van der Waals surface area contributed by atoms with E-state index in [-0.39, 0.29) is 11.9 Å². The van der Waals surface area contributed by atoms with Crippen molar-refractivity contribution in [2.45, 2.75) is 39.3 Å². The summed E-state index contributed by atoms with van der Waals surface area (Å²) in [5.74, 6) is 0.471. The van der Waals surface area contributed by atoms with Crippen LogP contribution in [0, 0.1) is 13.8 Å². The third-order valence-corrected chi connectivity index (χ3v) is 4.88. The van der Waals surface area contributed by atoms with Crippen LogP contribution in [-0.2, 0) is 6.54 Å². The zero-order chi connectivity index (χ0) is 16.7. The van der Waals surface area contributed by atoms with Crippen molar-refractivity contribution in [1.82, 2.24) is 14.7 Å². The fourth-order valence-corrected chi connectivity index (χ4v) is 3.58. The predicted octanol–water partition coefficient (Wildman–Crippen LogP) is 3.55. The number of hydrogen-bond donors (Lipinski definition) is 0. The van der Waals surface area contributed by atoms with E-state index in [1.54, 1.807) is 6.20 Å². The highest BCUT2D eigenvalue weighted by Crippen LogP contribution is 2.29. The lowest BCUT2D eigenvalue weighted by Crippen LogP contribution is -2.38. The van der Waals surface area contributed by atoms with Gasteiger partial charge in [0.2, 0.25) is 0 Å². The summed E-state index contributed by atoms with van der Waals surface area (Å²) in [5.41, 5.74) is 2.85. The third kappa shape index (κ3) is 2.50. The summed E-state index contributed by atoms with van der Waals surface area (Å²) in [6.45, 7) is 5.50. The van der Waals surface area contributed by atoms with Gasteiger partial charge in [-0.05, 0) is 44.4 Å². The molecule has 2 aromatic heterocycles. The molecule has 0 spiro atoms. The van der Waals surface area contributed by atoms with Gasteiger partial charge < -0.3 is 9.32 Å². The van der Waals surface area contributed by atoms with Gasteiger partial charge in [-0.25, -0.2) is 0 Å². The van der Waals surface area contributed by atoms with Crippen LogP contribution < -0.4 is 0 Å². The number of carbonyl (C=O) groups excluding carboxylic acids is 1. The first-order chi connectivity index (χ1) is 11.6. The van der Waals surface area contributed by atoms with E-state index in [2.05, 4.69) is 11.2 Å². The molecule has 1 aliphatic rings. The maximum absolute atomic E-state index is 13.1. The molecule has 1 atom stereocenters. The quantitative estimate of drug-likeness (QED) is 0.740. The normalized spacial score (nSPS) is 17.8. The minimum atomic E-state index is -0.00370. The summed E-state index contributed by atoms with van der Waals surface area (Å²) >= 11 is 0. The SMILES string of the molecule is Cc1ccc2c(C)c(C(=O)N3CCC[C@H]3Cn3cccn3)oc2c1. The Morgan fingerprint density at radius 2 is 2.25 bits per heavy atom. The van der Waals surface area contributed by atoms with Crippen LogP contribution in [-0.4, -0.2) is 33.2 Å². The summed E-state index contributed by atoms with van der Waals surface area (Å²) in [6.07, 6.45) is 5.74. The van der Waals surface area contributed by atoms with Gasteiger partial charge in [-0.2, -0.15) is 5.10 Å². The molecule has 0 aliphatic carbocycles. The maximum atomic E-state index is 13.1. The van der Waals surface area contributed by atoms with Gasteiger partial charge >= 0.3 is 0 Å². The first-order valence-corrected chi connectivity index (χ1v) is 8.41. The lowest BCUT2D eigenvalue weighted by atomic mass is 10.1. The van der Waals surface area contributed by atoms with Crippen molar-refractivity contribution in [2.75, 3.05) is 6.54 Å². The number of furan rings is 1. The molecule has 1 fully saturated rings. The monoisotopic (exact) mass is 323 g/mol. The summed E-state index contributed by atoms with van der Waals surface area (Å²) < 4.78 is 7.82. The van der Waals surface area contributed by atoms with Gasteiger partial charge in [0.05, 0.1) is 12.6 Å².